The highest BCUT2D eigenvalue weighted by atomic mass is 32.2. The molecule has 0 aromatic heterocycles. The van der Waals surface area contributed by atoms with Gasteiger partial charge in [-0.15, -0.1) is 11.8 Å². The third kappa shape index (κ3) is 5.70. The van der Waals surface area contributed by atoms with Crippen molar-refractivity contribution in [2.24, 2.45) is 0 Å². The van der Waals surface area contributed by atoms with Gasteiger partial charge in [0.25, 0.3) is 0 Å². The molecule has 0 aliphatic carbocycles. The molecular weight excluding hydrogens is 241 g/mol. The lowest BCUT2D eigenvalue weighted by Crippen LogP contribution is -2.26. The Kier molecular flexibility index (Phi) is 6.65. The first kappa shape index (κ1) is 14.0. The topological polar surface area (TPSA) is 49.3 Å². The first-order valence-electron chi connectivity index (χ1n) is 5.49. The van der Waals surface area contributed by atoms with E-state index in [2.05, 4.69) is 5.32 Å². The number of nitrogens with one attached hydrogen (secondary N) is 1. The molecule has 5 heteroatoms. The number of hydrogen-bond acceptors (Lipinski definition) is 3. The molecule has 0 unspecified atom stereocenters. The molecule has 0 aliphatic heterocycles. The molecule has 1 aromatic rings. The molecule has 0 fully saturated rings. The zero-order chi connectivity index (χ0) is 12.5. The lowest BCUT2D eigenvalue weighted by atomic mass is 10.3. The van der Waals surface area contributed by atoms with Crippen LogP contribution in [0.5, 0.6) is 0 Å². The van der Waals surface area contributed by atoms with Gasteiger partial charge in [-0.3, -0.25) is 4.79 Å². The number of halogens is 1. The molecule has 0 bridgehead atoms. The molecule has 0 saturated heterocycles. The maximum atomic E-state index is 13.2. The van der Waals surface area contributed by atoms with Gasteiger partial charge in [-0.05, 0) is 25.0 Å². The Labute approximate surface area is 104 Å². The van der Waals surface area contributed by atoms with E-state index in [1.54, 1.807) is 18.2 Å². The van der Waals surface area contributed by atoms with Crippen LogP contribution < -0.4 is 5.32 Å². The summed E-state index contributed by atoms with van der Waals surface area (Å²) in [5, 5.41) is 11.3. The maximum absolute atomic E-state index is 13.2. The summed E-state index contributed by atoms with van der Waals surface area (Å²) in [5.74, 6) is -0.207. The van der Waals surface area contributed by atoms with E-state index >= 15 is 0 Å². The number of aliphatic hydroxyl groups excluding tert-OH is 1. The van der Waals surface area contributed by atoms with E-state index in [1.165, 1.54) is 17.8 Å². The van der Waals surface area contributed by atoms with Gasteiger partial charge in [0.15, 0.2) is 0 Å². The molecule has 1 rings (SSSR count). The Morgan fingerprint density at radius 1 is 1.35 bits per heavy atom. The summed E-state index contributed by atoms with van der Waals surface area (Å²) in [4.78, 5) is 11.9. The van der Waals surface area contributed by atoms with Gasteiger partial charge in [-0.1, -0.05) is 12.1 Å². The molecule has 0 saturated carbocycles. The lowest BCUT2D eigenvalue weighted by Gasteiger charge is -2.05. The van der Waals surface area contributed by atoms with Crippen LogP contribution in [0.3, 0.4) is 0 Å². The summed E-state index contributed by atoms with van der Waals surface area (Å²) < 4.78 is 13.2. The van der Waals surface area contributed by atoms with E-state index in [0.717, 1.165) is 6.42 Å². The van der Waals surface area contributed by atoms with Crippen molar-refractivity contribution in [3.63, 3.8) is 0 Å². The predicted molar refractivity (Wildman–Crippen MR) is 66.5 cm³/mol. The Morgan fingerprint density at radius 3 is 2.82 bits per heavy atom. The predicted octanol–water partition coefficient (Wildman–Crippen LogP) is 1.81. The van der Waals surface area contributed by atoms with Gasteiger partial charge in [0.05, 0.1) is 5.75 Å². The summed E-state index contributed by atoms with van der Waals surface area (Å²) in [6, 6.07) is 6.39. The van der Waals surface area contributed by atoms with E-state index in [9.17, 15) is 9.18 Å². The number of rotatable bonds is 7. The number of carbonyl (C=O) groups excluding carboxylic acids is 1. The molecule has 0 atom stereocenters. The third-order valence-corrected chi connectivity index (χ3v) is 3.15. The molecule has 2 N–H and O–H groups in total. The molecule has 17 heavy (non-hydrogen) atoms. The summed E-state index contributed by atoms with van der Waals surface area (Å²) in [6.45, 7) is 0.692. The van der Waals surface area contributed by atoms with Crippen LogP contribution in [-0.4, -0.2) is 29.9 Å². The fourth-order valence-electron chi connectivity index (χ4n) is 1.22. The van der Waals surface area contributed by atoms with Gasteiger partial charge in [0.2, 0.25) is 5.91 Å². The zero-order valence-corrected chi connectivity index (χ0v) is 10.3. The molecule has 1 amide bonds. The van der Waals surface area contributed by atoms with E-state index in [4.69, 9.17) is 5.11 Å². The fourth-order valence-corrected chi connectivity index (χ4v) is 1.99. The van der Waals surface area contributed by atoms with Crippen molar-refractivity contribution < 1.29 is 14.3 Å². The maximum Gasteiger partial charge on any atom is 0.230 e. The smallest absolute Gasteiger partial charge is 0.230 e. The van der Waals surface area contributed by atoms with Gasteiger partial charge in [0.1, 0.15) is 5.82 Å². The first-order valence-corrected chi connectivity index (χ1v) is 6.47. The number of carbonyl (C=O) groups is 1. The van der Waals surface area contributed by atoms with Crippen molar-refractivity contribution in [1.29, 1.82) is 0 Å². The van der Waals surface area contributed by atoms with Crippen LogP contribution >= 0.6 is 11.8 Å². The highest BCUT2D eigenvalue weighted by Gasteiger charge is 2.05. The summed E-state index contributed by atoms with van der Waals surface area (Å²) in [5.41, 5.74) is 0. The Hall–Kier alpha value is -1.07. The van der Waals surface area contributed by atoms with Crippen LogP contribution in [-0.2, 0) is 4.79 Å². The zero-order valence-electron chi connectivity index (χ0n) is 9.49. The molecule has 0 spiro atoms. The Morgan fingerprint density at radius 2 is 2.12 bits per heavy atom. The van der Waals surface area contributed by atoms with E-state index < -0.39 is 0 Å². The second-order valence-electron chi connectivity index (χ2n) is 3.50. The minimum atomic E-state index is -0.300. The monoisotopic (exact) mass is 257 g/mol. The highest BCUT2D eigenvalue weighted by molar-refractivity contribution is 8.00. The average molecular weight is 257 g/mol. The van der Waals surface area contributed by atoms with Gasteiger partial charge in [0, 0.05) is 18.0 Å². The second kappa shape index (κ2) is 8.08. The molecule has 0 heterocycles. The number of amides is 1. The van der Waals surface area contributed by atoms with Gasteiger partial charge >= 0.3 is 0 Å². The van der Waals surface area contributed by atoms with Crippen molar-refractivity contribution in [2.75, 3.05) is 18.9 Å². The van der Waals surface area contributed by atoms with Crippen LogP contribution in [0.25, 0.3) is 0 Å². The SMILES string of the molecule is O=C(CSc1ccccc1F)NCCCCO. The minimum Gasteiger partial charge on any atom is -0.396 e. The second-order valence-corrected chi connectivity index (χ2v) is 4.52. The largest absolute Gasteiger partial charge is 0.396 e. The number of unbranched alkanes of at least 4 members (excludes halogenated alkanes) is 1. The molecule has 0 radical (unpaired) electrons. The quantitative estimate of drug-likeness (QED) is 0.578. The van der Waals surface area contributed by atoms with Crippen LogP contribution in [0.4, 0.5) is 4.39 Å². The van der Waals surface area contributed by atoms with Crippen molar-refractivity contribution in [2.45, 2.75) is 17.7 Å². The normalized spacial score (nSPS) is 10.2. The number of aliphatic hydroxyl groups is 1. The Balaban J connectivity index is 2.22. The van der Waals surface area contributed by atoms with Crippen LogP contribution in [0.15, 0.2) is 29.2 Å². The Bertz CT molecular complexity index is 360. The molecule has 3 nitrogen and oxygen atoms in total. The van der Waals surface area contributed by atoms with Crippen molar-refractivity contribution in [3.8, 4) is 0 Å². The van der Waals surface area contributed by atoms with Crippen molar-refractivity contribution in [1.82, 2.24) is 5.32 Å². The summed E-state index contributed by atoms with van der Waals surface area (Å²) in [6.07, 6.45) is 1.44. The van der Waals surface area contributed by atoms with Crippen molar-refractivity contribution in [3.05, 3.63) is 30.1 Å². The van der Waals surface area contributed by atoms with E-state index in [-0.39, 0.29) is 24.1 Å². The van der Waals surface area contributed by atoms with Gasteiger partial charge < -0.3 is 10.4 Å². The lowest BCUT2D eigenvalue weighted by molar-refractivity contribution is -0.118. The molecule has 0 aliphatic rings. The summed E-state index contributed by atoms with van der Waals surface area (Å²) in [7, 11) is 0. The number of benzene rings is 1. The number of hydrogen-bond donors (Lipinski definition) is 2. The van der Waals surface area contributed by atoms with Crippen LogP contribution in [0.1, 0.15) is 12.8 Å². The molecule has 94 valence electrons. The number of thioether (sulfide) groups is 1. The van der Waals surface area contributed by atoms with Crippen LogP contribution in [0.2, 0.25) is 0 Å². The van der Waals surface area contributed by atoms with E-state index in [0.29, 0.717) is 17.9 Å². The average Bonchev–Trinajstić information content (AvgIpc) is 2.34. The van der Waals surface area contributed by atoms with Gasteiger partial charge in [-0.25, -0.2) is 4.39 Å². The van der Waals surface area contributed by atoms with Gasteiger partial charge in [-0.2, -0.15) is 0 Å². The highest BCUT2D eigenvalue weighted by Crippen LogP contribution is 2.20. The molecular formula is C12H16FNO2S. The van der Waals surface area contributed by atoms with Crippen LogP contribution in [0, 0.1) is 5.82 Å². The van der Waals surface area contributed by atoms with Crippen molar-refractivity contribution >= 4 is 17.7 Å². The summed E-state index contributed by atoms with van der Waals surface area (Å²) >= 11 is 1.18. The van der Waals surface area contributed by atoms with E-state index in [1.807, 2.05) is 0 Å². The standard InChI is InChI=1S/C12H16FNO2S/c13-10-5-1-2-6-11(10)17-9-12(16)14-7-3-4-8-15/h1-2,5-6,15H,3-4,7-9H2,(H,14,16). The fraction of sp³-hybridized carbons (Fsp3) is 0.417. The molecule has 1 aromatic carbocycles. The third-order valence-electron chi connectivity index (χ3n) is 2.10. The minimum absolute atomic E-state index is 0.115. The first-order chi connectivity index (χ1) is 8.24.